The van der Waals surface area contributed by atoms with E-state index in [0.717, 1.165) is 10.4 Å². The van der Waals surface area contributed by atoms with E-state index in [9.17, 15) is 9.59 Å². The molecule has 0 saturated carbocycles. The molecule has 0 aliphatic carbocycles. The molecule has 19 heavy (non-hydrogen) atoms. The Kier molecular flexibility index (Phi) is 6.76. The van der Waals surface area contributed by atoms with E-state index in [1.54, 1.807) is 23.0 Å². The predicted octanol–water partition coefficient (Wildman–Crippen LogP) is 1.57. The number of amides is 2. The molecule has 0 spiro atoms. The lowest BCUT2D eigenvalue weighted by molar-refractivity contribution is -0.129. The minimum Gasteiger partial charge on any atom is -0.289 e. The molecule has 0 saturated heterocycles. The average molecular weight is 283 g/mol. The molecule has 0 aromatic carbocycles. The lowest BCUT2D eigenvalue weighted by Gasteiger charge is -2.00. The number of hydrogen-bond donors (Lipinski definition) is 3. The highest BCUT2D eigenvalue weighted by molar-refractivity contribution is 7.11. The van der Waals surface area contributed by atoms with Gasteiger partial charge in [-0.15, -0.1) is 11.3 Å². The van der Waals surface area contributed by atoms with Gasteiger partial charge >= 0.3 is 0 Å². The number of hydrazone groups is 1. The molecule has 3 N–H and O–H groups in total. The SMILES string of the molecule is Cc1ccsc1/C=N/NC(=O)CCCCC(=O)NO. The second-order valence-electron chi connectivity index (χ2n) is 4.00. The maximum Gasteiger partial charge on any atom is 0.243 e. The summed E-state index contributed by atoms with van der Waals surface area (Å²) in [5, 5.41) is 14.1. The van der Waals surface area contributed by atoms with Crippen LogP contribution in [0.5, 0.6) is 0 Å². The number of hydroxylamine groups is 1. The van der Waals surface area contributed by atoms with Crippen molar-refractivity contribution in [3.63, 3.8) is 0 Å². The Hall–Kier alpha value is -1.73. The van der Waals surface area contributed by atoms with Crippen LogP contribution in [0.25, 0.3) is 0 Å². The van der Waals surface area contributed by atoms with E-state index < -0.39 is 5.91 Å². The van der Waals surface area contributed by atoms with E-state index in [1.807, 2.05) is 18.4 Å². The minimum atomic E-state index is -0.438. The first kappa shape index (κ1) is 15.3. The van der Waals surface area contributed by atoms with Crippen molar-refractivity contribution in [2.75, 3.05) is 0 Å². The Labute approximate surface area is 115 Å². The number of nitrogens with zero attached hydrogens (tertiary/aromatic N) is 1. The molecule has 0 fully saturated rings. The highest BCUT2D eigenvalue weighted by Crippen LogP contribution is 2.12. The molecule has 1 rings (SSSR count). The number of aryl methyl sites for hydroxylation is 1. The van der Waals surface area contributed by atoms with Gasteiger partial charge in [-0.3, -0.25) is 14.8 Å². The molecule has 0 radical (unpaired) electrons. The van der Waals surface area contributed by atoms with Gasteiger partial charge in [0.25, 0.3) is 0 Å². The summed E-state index contributed by atoms with van der Waals surface area (Å²) in [6, 6.07) is 1.99. The maximum atomic E-state index is 11.4. The quantitative estimate of drug-likeness (QED) is 0.307. The van der Waals surface area contributed by atoms with Gasteiger partial charge in [-0.2, -0.15) is 5.10 Å². The fourth-order valence-corrected chi connectivity index (χ4v) is 2.15. The molecule has 0 unspecified atom stereocenters. The number of nitrogens with one attached hydrogen (secondary N) is 2. The van der Waals surface area contributed by atoms with Crippen LogP contribution in [0.1, 0.15) is 36.1 Å². The van der Waals surface area contributed by atoms with Gasteiger partial charge in [0.2, 0.25) is 11.8 Å². The first-order valence-corrected chi connectivity index (χ1v) is 6.80. The molecular formula is C12H17N3O3S. The molecular weight excluding hydrogens is 266 g/mol. The summed E-state index contributed by atoms with van der Waals surface area (Å²) in [6.45, 7) is 1.98. The number of carbonyl (C=O) groups excluding carboxylic acids is 2. The van der Waals surface area contributed by atoms with Gasteiger partial charge < -0.3 is 0 Å². The van der Waals surface area contributed by atoms with Crippen LogP contribution in [0, 0.1) is 6.92 Å². The van der Waals surface area contributed by atoms with Gasteiger partial charge in [-0.1, -0.05) is 0 Å². The summed E-state index contributed by atoms with van der Waals surface area (Å²) < 4.78 is 0. The largest absolute Gasteiger partial charge is 0.289 e. The van der Waals surface area contributed by atoms with Crippen LogP contribution < -0.4 is 10.9 Å². The zero-order valence-corrected chi connectivity index (χ0v) is 11.5. The summed E-state index contributed by atoms with van der Waals surface area (Å²) in [6.07, 6.45) is 3.26. The Morgan fingerprint density at radius 1 is 1.37 bits per heavy atom. The molecule has 1 aromatic rings. The molecule has 0 aliphatic heterocycles. The normalized spacial score (nSPS) is 10.6. The molecule has 7 heteroatoms. The van der Waals surface area contributed by atoms with Crippen LogP contribution in [0.4, 0.5) is 0 Å². The number of carbonyl (C=O) groups is 2. The zero-order valence-electron chi connectivity index (χ0n) is 10.7. The minimum absolute atomic E-state index is 0.185. The van der Waals surface area contributed by atoms with Crippen LogP contribution in [-0.2, 0) is 9.59 Å². The van der Waals surface area contributed by atoms with Crippen LogP contribution in [0.15, 0.2) is 16.5 Å². The summed E-state index contributed by atoms with van der Waals surface area (Å²) in [5.41, 5.74) is 5.11. The van der Waals surface area contributed by atoms with E-state index in [0.29, 0.717) is 19.3 Å². The number of rotatable bonds is 7. The molecule has 1 heterocycles. The number of hydrogen-bond acceptors (Lipinski definition) is 5. The lowest BCUT2D eigenvalue weighted by Crippen LogP contribution is -2.19. The third-order valence-corrected chi connectivity index (χ3v) is 3.41. The molecule has 0 aliphatic rings. The Balaban J connectivity index is 2.16. The van der Waals surface area contributed by atoms with Crippen molar-refractivity contribution in [1.29, 1.82) is 0 Å². The first-order valence-electron chi connectivity index (χ1n) is 5.92. The highest BCUT2D eigenvalue weighted by Gasteiger charge is 2.02. The van der Waals surface area contributed by atoms with Crippen molar-refractivity contribution in [3.05, 3.63) is 21.9 Å². The lowest BCUT2D eigenvalue weighted by atomic mass is 10.2. The van der Waals surface area contributed by atoms with E-state index in [1.165, 1.54) is 0 Å². The fraction of sp³-hybridized carbons (Fsp3) is 0.417. The topological polar surface area (TPSA) is 90.8 Å². The summed E-state index contributed by atoms with van der Waals surface area (Å²) in [5.74, 6) is -0.624. The highest BCUT2D eigenvalue weighted by atomic mass is 32.1. The van der Waals surface area contributed by atoms with Crippen molar-refractivity contribution in [1.82, 2.24) is 10.9 Å². The second-order valence-corrected chi connectivity index (χ2v) is 4.95. The van der Waals surface area contributed by atoms with Crippen molar-refractivity contribution >= 4 is 29.4 Å². The van der Waals surface area contributed by atoms with Gasteiger partial charge in [-0.25, -0.2) is 10.9 Å². The van der Waals surface area contributed by atoms with Gasteiger partial charge in [0.05, 0.1) is 6.21 Å². The predicted molar refractivity (Wildman–Crippen MR) is 73.2 cm³/mol. The average Bonchev–Trinajstić information content (AvgIpc) is 2.80. The number of thiophene rings is 1. The fourth-order valence-electron chi connectivity index (χ4n) is 1.36. The van der Waals surface area contributed by atoms with E-state index in [-0.39, 0.29) is 12.3 Å². The van der Waals surface area contributed by atoms with E-state index >= 15 is 0 Å². The third-order valence-electron chi connectivity index (χ3n) is 2.46. The van der Waals surface area contributed by atoms with Crippen molar-refractivity contribution in [3.8, 4) is 0 Å². The van der Waals surface area contributed by atoms with Crippen LogP contribution in [-0.4, -0.2) is 23.2 Å². The second kappa shape index (κ2) is 8.39. The summed E-state index contributed by atoms with van der Waals surface area (Å²) in [7, 11) is 0. The van der Waals surface area contributed by atoms with Gasteiger partial charge in [0.1, 0.15) is 0 Å². The van der Waals surface area contributed by atoms with Crippen molar-refractivity contribution < 1.29 is 14.8 Å². The smallest absolute Gasteiger partial charge is 0.243 e. The van der Waals surface area contributed by atoms with Gasteiger partial charge in [0, 0.05) is 17.7 Å². The van der Waals surface area contributed by atoms with Crippen LogP contribution in [0.3, 0.4) is 0 Å². The molecule has 2 amide bonds. The first-order chi connectivity index (χ1) is 9.13. The van der Waals surface area contributed by atoms with Crippen molar-refractivity contribution in [2.45, 2.75) is 32.6 Å². The Bertz CT molecular complexity index is 457. The Morgan fingerprint density at radius 3 is 2.63 bits per heavy atom. The molecule has 0 bridgehead atoms. The maximum absolute atomic E-state index is 11.4. The standard InChI is InChI=1S/C12H17N3O3S/c1-9-6-7-19-10(9)8-13-14-11(16)4-2-3-5-12(17)15-18/h6-8,18H,2-5H2,1H3,(H,14,16)(H,15,17)/b13-8+. The molecule has 1 aromatic heterocycles. The molecule has 104 valence electrons. The van der Waals surface area contributed by atoms with Crippen molar-refractivity contribution in [2.24, 2.45) is 5.10 Å². The summed E-state index contributed by atoms with van der Waals surface area (Å²) >= 11 is 1.56. The van der Waals surface area contributed by atoms with E-state index in [2.05, 4.69) is 10.5 Å². The van der Waals surface area contributed by atoms with Crippen LogP contribution >= 0.6 is 11.3 Å². The number of unbranched alkanes of at least 4 members (excludes halogenated alkanes) is 1. The van der Waals surface area contributed by atoms with Gasteiger partial charge in [0.15, 0.2) is 0 Å². The summed E-state index contributed by atoms with van der Waals surface area (Å²) in [4.78, 5) is 23.1. The molecule has 6 nitrogen and oxygen atoms in total. The Morgan fingerprint density at radius 2 is 2.05 bits per heavy atom. The van der Waals surface area contributed by atoms with Crippen LogP contribution in [0.2, 0.25) is 0 Å². The van der Waals surface area contributed by atoms with Gasteiger partial charge in [-0.05, 0) is 36.8 Å². The van der Waals surface area contributed by atoms with E-state index in [4.69, 9.17) is 5.21 Å². The molecule has 0 atom stereocenters. The third kappa shape index (κ3) is 6.12. The monoisotopic (exact) mass is 283 g/mol. The zero-order chi connectivity index (χ0) is 14.1.